The predicted molar refractivity (Wildman–Crippen MR) is 55.4 cm³/mol. The zero-order valence-corrected chi connectivity index (χ0v) is 7.91. The highest BCUT2D eigenvalue weighted by molar-refractivity contribution is 6.16. The average molecular weight is 186 g/mol. The van der Waals surface area contributed by atoms with Crippen LogP contribution in [-0.2, 0) is 9.53 Å². The quantitative estimate of drug-likeness (QED) is 0.400. The van der Waals surface area contributed by atoms with Gasteiger partial charge in [-0.15, -0.1) is 6.42 Å². The zero-order valence-electron chi connectivity index (χ0n) is 7.91. The Morgan fingerprint density at radius 3 is 2.71 bits per heavy atom. The molecule has 14 heavy (non-hydrogen) atoms. The lowest BCUT2D eigenvalue weighted by molar-refractivity contribution is -0.133. The molecule has 0 aliphatic heterocycles. The second-order valence-electron chi connectivity index (χ2n) is 2.66. The molecule has 0 N–H and O–H groups in total. The molecule has 1 aromatic carbocycles. The van der Waals surface area contributed by atoms with Gasteiger partial charge in [0.15, 0.2) is 0 Å². The Kier molecular flexibility index (Phi) is 3.09. The van der Waals surface area contributed by atoms with Gasteiger partial charge in [0.1, 0.15) is 0 Å². The van der Waals surface area contributed by atoms with Gasteiger partial charge in [-0.2, -0.15) is 0 Å². The van der Waals surface area contributed by atoms with Crippen LogP contribution in [0.5, 0.6) is 0 Å². The summed E-state index contributed by atoms with van der Waals surface area (Å²) in [4.78, 5) is 11.2. The normalized spacial score (nSPS) is 8.86. The van der Waals surface area contributed by atoms with E-state index in [0.717, 1.165) is 0 Å². The average Bonchev–Trinajstić information content (AvgIpc) is 2.26. The van der Waals surface area contributed by atoms with Crippen molar-refractivity contribution in [1.29, 1.82) is 0 Å². The number of hydrogen-bond donors (Lipinski definition) is 0. The van der Waals surface area contributed by atoms with E-state index < -0.39 is 5.97 Å². The molecule has 1 rings (SSSR count). The molecule has 0 atom stereocenters. The summed E-state index contributed by atoms with van der Waals surface area (Å²) in [6.07, 6.45) is 5.29. The maximum Gasteiger partial charge on any atom is 0.337 e. The fourth-order valence-electron chi connectivity index (χ4n) is 1.11. The first-order valence-electron chi connectivity index (χ1n) is 4.04. The minimum Gasteiger partial charge on any atom is -0.465 e. The summed E-state index contributed by atoms with van der Waals surface area (Å²) in [6.45, 7) is 3.63. The Hall–Kier alpha value is -2.01. The summed E-state index contributed by atoms with van der Waals surface area (Å²) in [5, 5.41) is 0. The van der Waals surface area contributed by atoms with Crippen molar-refractivity contribution in [2.75, 3.05) is 7.11 Å². The van der Waals surface area contributed by atoms with Crippen LogP contribution in [0, 0.1) is 12.3 Å². The van der Waals surface area contributed by atoms with Crippen LogP contribution in [0.15, 0.2) is 30.8 Å². The molecule has 0 fully saturated rings. The second-order valence-corrected chi connectivity index (χ2v) is 2.66. The number of terminal acetylenes is 1. The second kappa shape index (κ2) is 4.29. The third-order valence-corrected chi connectivity index (χ3v) is 1.84. The lowest BCUT2D eigenvalue weighted by Crippen LogP contribution is -2.03. The van der Waals surface area contributed by atoms with Crippen LogP contribution < -0.4 is 0 Å². The molecule has 0 saturated heterocycles. The minimum atomic E-state index is -0.465. The third kappa shape index (κ3) is 1.83. The number of methoxy groups -OCH3 is 1. The van der Waals surface area contributed by atoms with E-state index in [1.54, 1.807) is 18.2 Å². The number of rotatable bonds is 2. The van der Waals surface area contributed by atoms with Crippen molar-refractivity contribution in [1.82, 2.24) is 0 Å². The molecule has 0 unspecified atom stereocenters. The van der Waals surface area contributed by atoms with E-state index in [9.17, 15) is 4.79 Å². The number of benzene rings is 1. The van der Waals surface area contributed by atoms with Crippen LogP contribution >= 0.6 is 0 Å². The van der Waals surface area contributed by atoms with Crippen LogP contribution in [0.2, 0.25) is 0 Å². The molecule has 0 heterocycles. The molecule has 0 aromatic heterocycles. The van der Waals surface area contributed by atoms with Crippen LogP contribution in [0.1, 0.15) is 11.1 Å². The predicted octanol–water partition coefficient (Wildman–Crippen LogP) is 1.85. The summed E-state index contributed by atoms with van der Waals surface area (Å²) >= 11 is 0. The van der Waals surface area contributed by atoms with Crippen LogP contribution in [0.3, 0.4) is 0 Å². The van der Waals surface area contributed by atoms with E-state index >= 15 is 0 Å². The van der Waals surface area contributed by atoms with Crippen molar-refractivity contribution in [3.05, 3.63) is 42.0 Å². The molecule has 70 valence electrons. The van der Waals surface area contributed by atoms with E-state index in [4.69, 9.17) is 6.42 Å². The van der Waals surface area contributed by atoms with Gasteiger partial charge in [-0.05, 0) is 6.07 Å². The van der Waals surface area contributed by atoms with Gasteiger partial charge < -0.3 is 4.74 Å². The van der Waals surface area contributed by atoms with E-state index in [-0.39, 0.29) is 5.57 Å². The van der Waals surface area contributed by atoms with Crippen molar-refractivity contribution >= 4 is 11.5 Å². The largest absolute Gasteiger partial charge is 0.465 e. The summed E-state index contributed by atoms with van der Waals surface area (Å²) in [6, 6.07) is 7.10. The van der Waals surface area contributed by atoms with Gasteiger partial charge in [0.25, 0.3) is 0 Å². The monoisotopic (exact) mass is 186 g/mol. The molecular weight excluding hydrogens is 176 g/mol. The Balaban J connectivity index is 3.14. The first kappa shape index (κ1) is 10.1. The van der Waals surface area contributed by atoms with Gasteiger partial charge in [-0.3, -0.25) is 0 Å². The van der Waals surface area contributed by atoms with Crippen molar-refractivity contribution in [3.8, 4) is 12.3 Å². The van der Waals surface area contributed by atoms with E-state index in [1.807, 2.05) is 6.07 Å². The Labute approximate surface area is 83.2 Å². The van der Waals surface area contributed by atoms with E-state index in [2.05, 4.69) is 17.2 Å². The van der Waals surface area contributed by atoms with E-state index in [0.29, 0.717) is 11.1 Å². The lowest BCUT2D eigenvalue weighted by Gasteiger charge is -2.05. The van der Waals surface area contributed by atoms with Gasteiger partial charge in [0, 0.05) is 11.1 Å². The Morgan fingerprint density at radius 2 is 2.14 bits per heavy atom. The van der Waals surface area contributed by atoms with Gasteiger partial charge in [0.2, 0.25) is 0 Å². The SMILES string of the molecule is C#Cc1ccccc1C(=C)C(=O)OC. The topological polar surface area (TPSA) is 26.3 Å². The number of ether oxygens (including phenoxy) is 1. The van der Waals surface area contributed by atoms with Crippen molar-refractivity contribution in [3.63, 3.8) is 0 Å². The number of carbonyl (C=O) groups is 1. The molecule has 0 spiro atoms. The molecule has 0 radical (unpaired) electrons. The Bertz CT molecular complexity index is 411. The van der Waals surface area contributed by atoms with E-state index in [1.165, 1.54) is 7.11 Å². The minimum absolute atomic E-state index is 0.279. The number of hydrogen-bond acceptors (Lipinski definition) is 2. The van der Waals surface area contributed by atoms with Gasteiger partial charge in [-0.25, -0.2) is 4.79 Å². The van der Waals surface area contributed by atoms with Crippen molar-refractivity contribution < 1.29 is 9.53 Å². The summed E-state index contributed by atoms with van der Waals surface area (Å²) in [5.41, 5.74) is 1.56. The van der Waals surface area contributed by atoms with Crippen LogP contribution in [0.4, 0.5) is 0 Å². The molecule has 0 aliphatic carbocycles. The molecule has 0 bridgehead atoms. The third-order valence-electron chi connectivity index (χ3n) is 1.84. The van der Waals surface area contributed by atoms with Gasteiger partial charge >= 0.3 is 5.97 Å². The van der Waals surface area contributed by atoms with Crippen molar-refractivity contribution in [2.24, 2.45) is 0 Å². The maximum atomic E-state index is 11.2. The standard InChI is InChI=1S/C12H10O2/c1-4-10-7-5-6-8-11(10)9(2)12(13)14-3/h1,5-8H,2H2,3H3. The fourth-order valence-corrected chi connectivity index (χ4v) is 1.11. The summed E-state index contributed by atoms with van der Waals surface area (Å²) in [5.74, 6) is 2.02. The number of esters is 1. The smallest absolute Gasteiger partial charge is 0.337 e. The zero-order chi connectivity index (χ0) is 10.6. The highest BCUT2D eigenvalue weighted by Gasteiger charge is 2.11. The first-order chi connectivity index (χ1) is 6.70. The summed E-state index contributed by atoms with van der Waals surface area (Å²) < 4.78 is 4.56. The maximum absolute atomic E-state index is 11.2. The first-order valence-corrected chi connectivity index (χ1v) is 4.04. The lowest BCUT2D eigenvalue weighted by atomic mass is 10.0. The molecule has 0 saturated carbocycles. The van der Waals surface area contributed by atoms with Crippen molar-refractivity contribution in [2.45, 2.75) is 0 Å². The van der Waals surface area contributed by atoms with Crippen LogP contribution in [-0.4, -0.2) is 13.1 Å². The molecule has 0 amide bonds. The van der Waals surface area contributed by atoms with Gasteiger partial charge in [-0.1, -0.05) is 30.7 Å². The highest BCUT2D eigenvalue weighted by atomic mass is 16.5. The number of carbonyl (C=O) groups excluding carboxylic acids is 1. The molecular formula is C12H10O2. The molecule has 2 nitrogen and oxygen atoms in total. The van der Waals surface area contributed by atoms with Gasteiger partial charge in [0.05, 0.1) is 12.7 Å². The highest BCUT2D eigenvalue weighted by Crippen LogP contribution is 2.17. The molecule has 1 aromatic rings. The summed E-state index contributed by atoms with van der Waals surface area (Å²) in [7, 11) is 1.31. The van der Waals surface area contributed by atoms with Crippen LogP contribution in [0.25, 0.3) is 5.57 Å². The Morgan fingerprint density at radius 1 is 1.50 bits per heavy atom. The fraction of sp³-hybridized carbons (Fsp3) is 0.0833. The molecule has 2 heteroatoms. The molecule has 0 aliphatic rings.